The van der Waals surface area contributed by atoms with Crippen LogP contribution in [0.25, 0.3) is 0 Å². The zero-order valence-corrected chi connectivity index (χ0v) is 10.5. The van der Waals surface area contributed by atoms with Crippen LogP contribution in [-0.2, 0) is 6.54 Å². The second kappa shape index (κ2) is 6.16. The lowest BCUT2D eigenvalue weighted by Gasteiger charge is -2.15. The Bertz CT molecular complexity index is 429. The number of hydrogen-bond acceptors (Lipinski definition) is 2. The number of ether oxygens (including phenoxy) is 1. The van der Waals surface area contributed by atoms with E-state index in [4.69, 9.17) is 11.6 Å². The van der Waals surface area contributed by atoms with E-state index in [1.807, 2.05) is 0 Å². The van der Waals surface area contributed by atoms with Crippen molar-refractivity contribution in [3.8, 4) is 5.75 Å². The Morgan fingerprint density at radius 1 is 1.33 bits per heavy atom. The number of benzene rings is 1. The second-order valence-corrected chi connectivity index (χ2v) is 4.59. The van der Waals surface area contributed by atoms with Crippen LogP contribution in [0.4, 0.5) is 8.78 Å². The van der Waals surface area contributed by atoms with Gasteiger partial charge in [-0.25, -0.2) is 0 Å². The number of rotatable bonds is 5. The highest BCUT2D eigenvalue weighted by Gasteiger charge is 2.13. The van der Waals surface area contributed by atoms with Crippen molar-refractivity contribution in [3.05, 3.63) is 40.9 Å². The molecule has 18 heavy (non-hydrogen) atoms. The summed E-state index contributed by atoms with van der Waals surface area (Å²) in [4.78, 5) is 0. The molecular weight excluding hydrogens is 260 g/mol. The third-order valence-corrected chi connectivity index (χ3v) is 3.06. The molecule has 0 saturated carbocycles. The molecule has 1 aromatic rings. The van der Waals surface area contributed by atoms with Crippen molar-refractivity contribution in [1.82, 2.24) is 5.32 Å². The Morgan fingerprint density at radius 2 is 2.06 bits per heavy atom. The molecule has 0 unspecified atom stereocenters. The van der Waals surface area contributed by atoms with Gasteiger partial charge in [0.2, 0.25) is 0 Å². The van der Waals surface area contributed by atoms with Crippen molar-refractivity contribution in [3.63, 3.8) is 0 Å². The zero-order valence-electron chi connectivity index (χ0n) is 9.70. The van der Waals surface area contributed by atoms with E-state index in [1.165, 1.54) is 6.07 Å². The van der Waals surface area contributed by atoms with Gasteiger partial charge in [0.25, 0.3) is 0 Å². The highest BCUT2D eigenvalue weighted by Crippen LogP contribution is 2.25. The van der Waals surface area contributed by atoms with Gasteiger partial charge in [-0.1, -0.05) is 23.8 Å². The average Bonchev–Trinajstić information content (AvgIpc) is 2.82. The van der Waals surface area contributed by atoms with E-state index in [0.29, 0.717) is 23.2 Å². The van der Waals surface area contributed by atoms with Gasteiger partial charge in [-0.15, -0.1) is 0 Å². The largest absolute Gasteiger partial charge is 0.434 e. The Hall–Kier alpha value is -1.13. The summed E-state index contributed by atoms with van der Waals surface area (Å²) in [6.45, 7) is -2.35. The Labute approximate surface area is 110 Å². The summed E-state index contributed by atoms with van der Waals surface area (Å²) in [5, 5.41) is 3.80. The molecule has 1 aliphatic rings. The molecule has 1 aliphatic carbocycles. The minimum absolute atomic E-state index is 0.174. The van der Waals surface area contributed by atoms with Crippen LogP contribution in [0.15, 0.2) is 30.4 Å². The van der Waals surface area contributed by atoms with Crippen LogP contribution in [0, 0.1) is 0 Å². The Balaban J connectivity index is 2.01. The Morgan fingerprint density at radius 3 is 2.72 bits per heavy atom. The summed E-state index contributed by atoms with van der Waals surface area (Å²) in [6, 6.07) is 5.02. The van der Waals surface area contributed by atoms with Crippen molar-refractivity contribution in [2.24, 2.45) is 0 Å². The first-order chi connectivity index (χ1) is 8.65. The monoisotopic (exact) mass is 273 g/mol. The van der Waals surface area contributed by atoms with E-state index in [-0.39, 0.29) is 5.75 Å². The molecule has 0 bridgehead atoms. The summed E-state index contributed by atoms with van der Waals surface area (Å²) >= 11 is 5.87. The number of nitrogens with one attached hydrogen (secondary N) is 1. The van der Waals surface area contributed by atoms with Crippen molar-refractivity contribution in [2.75, 3.05) is 0 Å². The van der Waals surface area contributed by atoms with Crippen molar-refractivity contribution < 1.29 is 13.5 Å². The zero-order chi connectivity index (χ0) is 13.0. The lowest BCUT2D eigenvalue weighted by molar-refractivity contribution is -0.0505. The number of alkyl halides is 2. The molecule has 1 N–H and O–H groups in total. The fourth-order valence-electron chi connectivity index (χ4n) is 1.94. The molecule has 0 radical (unpaired) electrons. The SMILES string of the molecule is FC(F)Oc1ccc(Cl)cc1CNC1CC=CC1. The van der Waals surface area contributed by atoms with E-state index in [9.17, 15) is 8.78 Å². The smallest absolute Gasteiger partial charge is 0.387 e. The van der Waals surface area contributed by atoms with Crippen LogP contribution < -0.4 is 10.1 Å². The fraction of sp³-hybridized carbons (Fsp3) is 0.385. The maximum absolute atomic E-state index is 12.3. The van der Waals surface area contributed by atoms with Gasteiger partial charge in [0.1, 0.15) is 5.75 Å². The summed E-state index contributed by atoms with van der Waals surface area (Å²) in [6.07, 6.45) is 6.13. The maximum Gasteiger partial charge on any atom is 0.387 e. The molecule has 0 fully saturated rings. The normalized spacial score (nSPS) is 15.6. The minimum Gasteiger partial charge on any atom is -0.434 e. The average molecular weight is 274 g/mol. The highest BCUT2D eigenvalue weighted by molar-refractivity contribution is 6.30. The first-order valence-corrected chi connectivity index (χ1v) is 6.14. The van der Waals surface area contributed by atoms with Gasteiger partial charge in [-0.2, -0.15) is 8.78 Å². The van der Waals surface area contributed by atoms with E-state index in [0.717, 1.165) is 12.8 Å². The molecule has 2 nitrogen and oxygen atoms in total. The lowest BCUT2D eigenvalue weighted by Crippen LogP contribution is -2.26. The first-order valence-electron chi connectivity index (χ1n) is 5.77. The van der Waals surface area contributed by atoms with Gasteiger partial charge in [0, 0.05) is 23.2 Å². The molecule has 5 heteroatoms. The molecule has 0 aliphatic heterocycles. The molecule has 98 valence electrons. The van der Waals surface area contributed by atoms with Crippen LogP contribution in [0.1, 0.15) is 18.4 Å². The second-order valence-electron chi connectivity index (χ2n) is 4.15. The lowest BCUT2D eigenvalue weighted by atomic mass is 10.1. The molecule has 0 amide bonds. The molecule has 0 aromatic heterocycles. The van der Waals surface area contributed by atoms with Crippen LogP contribution >= 0.6 is 11.6 Å². The minimum atomic E-state index is -2.82. The summed E-state index contributed by atoms with van der Waals surface area (Å²) in [7, 11) is 0. The van der Waals surface area contributed by atoms with E-state index < -0.39 is 6.61 Å². The van der Waals surface area contributed by atoms with Crippen LogP contribution in [0.5, 0.6) is 5.75 Å². The molecule has 1 aromatic carbocycles. The predicted octanol–water partition coefficient (Wildman–Crippen LogP) is 3.75. The molecular formula is C13H14ClF2NO. The number of halogens is 3. The van der Waals surface area contributed by atoms with Crippen molar-refractivity contribution in [2.45, 2.75) is 32.0 Å². The van der Waals surface area contributed by atoms with Gasteiger partial charge in [-0.3, -0.25) is 0 Å². The molecule has 0 spiro atoms. The molecule has 0 atom stereocenters. The van der Waals surface area contributed by atoms with Crippen LogP contribution in [0.2, 0.25) is 5.02 Å². The Kier molecular flexibility index (Phi) is 4.55. The van der Waals surface area contributed by atoms with Crippen molar-refractivity contribution >= 4 is 11.6 Å². The maximum atomic E-state index is 12.3. The van der Waals surface area contributed by atoms with E-state index in [1.54, 1.807) is 12.1 Å². The molecule has 0 saturated heterocycles. The third kappa shape index (κ3) is 3.68. The predicted molar refractivity (Wildman–Crippen MR) is 67.1 cm³/mol. The molecule has 2 rings (SSSR count). The topological polar surface area (TPSA) is 21.3 Å². The summed E-state index contributed by atoms with van der Waals surface area (Å²) < 4.78 is 29.0. The van der Waals surface area contributed by atoms with E-state index in [2.05, 4.69) is 22.2 Å². The van der Waals surface area contributed by atoms with E-state index >= 15 is 0 Å². The third-order valence-electron chi connectivity index (χ3n) is 2.83. The van der Waals surface area contributed by atoms with Crippen LogP contribution in [0.3, 0.4) is 0 Å². The van der Waals surface area contributed by atoms with Gasteiger partial charge < -0.3 is 10.1 Å². The van der Waals surface area contributed by atoms with Gasteiger partial charge >= 0.3 is 6.61 Å². The standard InChI is InChI=1S/C13H14ClF2NO/c14-10-5-6-12(18-13(15)16)9(7-10)8-17-11-3-1-2-4-11/h1-2,5-7,11,13,17H,3-4,8H2. The summed E-state index contributed by atoms with van der Waals surface area (Å²) in [5.74, 6) is 0.174. The van der Waals surface area contributed by atoms with Crippen LogP contribution in [-0.4, -0.2) is 12.7 Å². The quantitative estimate of drug-likeness (QED) is 0.825. The fourth-order valence-corrected chi connectivity index (χ4v) is 2.13. The van der Waals surface area contributed by atoms with Gasteiger partial charge in [-0.05, 0) is 31.0 Å². The summed E-state index contributed by atoms with van der Waals surface area (Å²) in [5.41, 5.74) is 0.648. The highest BCUT2D eigenvalue weighted by atomic mass is 35.5. The number of hydrogen-bond donors (Lipinski definition) is 1. The van der Waals surface area contributed by atoms with Crippen molar-refractivity contribution in [1.29, 1.82) is 0 Å². The van der Waals surface area contributed by atoms with Gasteiger partial charge in [0.15, 0.2) is 0 Å². The molecule has 0 heterocycles. The first kappa shape index (κ1) is 13.3. The van der Waals surface area contributed by atoms with Gasteiger partial charge in [0.05, 0.1) is 0 Å².